The van der Waals surface area contributed by atoms with Crippen LogP contribution in [0.3, 0.4) is 0 Å². The van der Waals surface area contributed by atoms with Gasteiger partial charge in [0.1, 0.15) is 0 Å². The lowest BCUT2D eigenvalue weighted by atomic mass is 10.1. The Morgan fingerprint density at radius 1 is 1.24 bits per heavy atom. The fourth-order valence-corrected chi connectivity index (χ4v) is 1.25. The molecule has 0 aromatic heterocycles. The average Bonchev–Trinajstić information content (AvgIpc) is 2.47. The third kappa shape index (κ3) is 8.99. The van der Waals surface area contributed by atoms with Gasteiger partial charge in [-0.15, -0.1) is 0 Å². The highest BCUT2D eigenvalue weighted by atomic mass is 16.5. The molecule has 0 aliphatic heterocycles. The Kier molecular flexibility index (Phi) is 8.93. The van der Waals surface area contributed by atoms with Gasteiger partial charge in [0.25, 0.3) is 0 Å². The van der Waals surface area contributed by atoms with Gasteiger partial charge in [0.05, 0.1) is 7.11 Å². The number of hydrogen-bond acceptors (Lipinski definition) is 3. The molecule has 0 bridgehead atoms. The molecule has 0 spiro atoms. The zero-order chi connectivity index (χ0) is 16.3. The van der Waals surface area contributed by atoms with Crippen LogP contribution < -0.4 is 0 Å². The zero-order valence-corrected chi connectivity index (χ0v) is 12.3. The predicted octanol–water partition coefficient (Wildman–Crippen LogP) is 3.47. The monoisotopic (exact) mass is 288 g/mol. The minimum atomic E-state index is -1.05. The Morgan fingerprint density at radius 2 is 1.81 bits per heavy atom. The van der Waals surface area contributed by atoms with Crippen molar-refractivity contribution in [3.63, 3.8) is 0 Å². The van der Waals surface area contributed by atoms with Crippen molar-refractivity contribution in [2.45, 2.75) is 13.3 Å². The molecule has 1 rings (SSSR count). The van der Waals surface area contributed by atoms with Crippen LogP contribution in [0.4, 0.5) is 0 Å². The fraction of sp³-hybridized carbons (Fsp3) is 0.176. The van der Waals surface area contributed by atoms with Gasteiger partial charge in [-0.2, -0.15) is 0 Å². The quantitative estimate of drug-likeness (QED) is 0.665. The van der Waals surface area contributed by atoms with Crippen LogP contribution in [0.1, 0.15) is 18.9 Å². The molecule has 1 aromatic rings. The Morgan fingerprint density at radius 3 is 2.19 bits per heavy atom. The second-order valence-electron chi connectivity index (χ2n) is 4.19. The molecule has 112 valence electrons. The Bertz CT molecular complexity index is 527. The highest BCUT2D eigenvalue weighted by molar-refractivity contribution is 5.88. The number of allylic oxidation sites excluding steroid dienone is 2. The van der Waals surface area contributed by atoms with Crippen LogP contribution >= 0.6 is 0 Å². The van der Waals surface area contributed by atoms with Gasteiger partial charge in [0.15, 0.2) is 0 Å². The molecule has 0 aliphatic carbocycles. The molecule has 0 fully saturated rings. The summed E-state index contributed by atoms with van der Waals surface area (Å²) in [4.78, 5) is 20.7. The molecular weight excluding hydrogens is 268 g/mol. The highest BCUT2D eigenvalue weighted by Crippen LogP contribution is 2.08. The Labute approximate surface area is 125 Å². The standard InChI is InChI=1S/C9H10.C8H10O4/c1-8(2)9-6-4-3-5-7-9;1-6(8(11)12-2)4-3-5-7(9)10/h3-7H,1H2,2H3;3,5H,1,4H2,2H3,(H,9,10). The fourth-order valence-electron chi connectivity index (χ4n) is 1.25. The van der Waals surface area contributed by atoms with E-state index in [1.165, 1.54) is 18.7 Å². The second kappa shape index (κ2) is 10.2. The van der Waals surface area contributed by atoms with Crippen molar-refractivity contribution in [1.29, 1.82) is 0 Å². The number of ether oxygens (including phenoxy) is 1. The normalized spacial score (nSPS) is 9.43. The van der Waals surface area contributed by atoms with Crippen LogP contribution in [-0.4, -0.2) is 24.2 Å². The smallest absolute Gasteiger partial charge is 0.333 e. The first kappa shape index (κ1) is 18.4. The summed E-state index contributed by atoms with van der Waals surface area (Å²) in [5, 5.41) is 8.19. The predicted molar refractivity (Wildman–Crippen MR) is 83.7 cm³/mol. The molecule has 21 heavy (non-hydrogen) atoms. The number of carbonyl (C=O) groups excluding carboxylic acids is 1. The molecule has 0 radical (unpaired) electrons. The summed E-state index contributed by atoms with van der Waals surface area (Å²) >= 11 is 0. The second-order valence-corrected chi connectivity index (χ2v) is 4.19. The molecule has 0 saturated carbocycles. The first-order chi connectivity index (χ1) is 9.88. The van der Waals surface area contributed by atoms with Gasteiger partial charge in [-0.3, -0.25) is 0 Å². The van der Waals surface area contributed by atoms with Gasteiger partial charge in [-0.1, -0.05) is 55.1 Å². The summed E-state index contributed by atoms with van der Waals surface area (Å²) in [6.45, 7) is 9.24. The number of benzene rings is 1. The number of methoxy groups -OCH3 is 1. The van der Waals surface area contributed by atoms with Crippen LogP contribution in [0, 0.1) is 0 Å². The van der Waals surface area contributed by atoms with E-state index in [-0.39, 0.29) is 12.0 Å². The number of carboxylic acid groups (broad SMARTS) is 1. The number of hydrogen-bond donors (Lipinski definition) is 1. The summed E-state index contributed by atoms with van der Waals surface area (Å²) in [5.74, 6) is -1.57. The molecule has 0 heterocycles. The summed E-state index contributed by atoms with van der Waals surface area (Å²) in [6.07, 6.45) is 2.48. The summed E-state index contributed by atoms with van der Waals surface area (Å²) in [5.41, 5.74) is 2.57. The van der Waals surface area contributed by atoms with Gasteiger partial charge in [0.2, 0.25) is 0 Å². The number of carboxylic acids is 1. The number of aliphatic carboxylic acids is 1. The van der Waals surface area contributed by atoms with Crippen molar-refractivity contribution in [3.8, 4) is 0 Å². The van der Waals surface area contributed by atoms with Crippen LogP contribution in [0.5, 0.6) is 0 Å². The van der Waals surface area contributed by atoms with Gasteiger partial charge < -0.3 is 9.84 Å². The largest absolute Gasteiger partial charge is 0.478 e. The molecule has 1 N–H and O–H groups in total. The molecule has 4 heteroatoms. The van der Waals surface area contributed by atoms with E-state index in [1.54, 1.807) is 0 Å². The van der Waals surface area contributed by atoms with Crippen LogP contribution in [0.15, 0.2) is 61.2 Å². The Hall–Kier alpha value is -2.62. The molecule has 0 unspecified atom stereocenters. The van der Waals surface area contributed by atoms with E-state index in [2.05, 4.69) is 30.0 Å². The van der Waals surface area contributed by atoms with E-state index in [1.807, 2.05) is 25.1 Å². The third-order valence-corrected chi connectivity index (χ3v) is 2.37. The molecule has 0 atom stereocenters. The average molecular weight is 288 g/mol. The van der Waals surface area contributed by atoms with E-state index in [9.17, 15) is 9.59 Å². The van der Waals surface area contributed by atoms with Gasteiger partial charge in [0, 0.05) is 11.6 Å². The molecule has 0 amide bonds. The third-order valence-electron chi connectivity index (χ3n) is 2.37. The SMILES string of the molecule is C=C(C)c1ccccc1.C=C(CC=CC(=O)O)C(=O)OC. The van der Waals surface area contributed by atoms with Gasteiger partial charge >= 0.3 is 11.9 Å². The number of rotatable bonds is 5. The van der Waals surface area contributed by atoms with Crippen molar-refractivity contribution in [3.05, 3.63) is 66.8 Å². The maximum atomic E-state index is 10.7. The molecule has 1 aromatic carbocycles. The lowest BCUT2D eigenvalue weighted by molar-refractivity contribution is -0.136. The lowest BCUT2D eigenvalue weighted by Gasteiger charge is -1.97. The first-order valence-electron chi connectivity index (χ1n) is 6.25. The maximum Gasteiger partial charge on any atom is 0.333 e. The van der Waals surface area contributed by atoms with E-state index in [0.717, 1.165) is 11.6 Å². The Balaban J connectivity index is 0.000000394. The van der Waals surface area contributed by atoms with E-state index < -0.39 is 11.9 Å². The summed E-state index contributed by atoms with van der Waals surface area (Å²) < 4.78 is 4.35. The maximum absolute atomic E-state index is 10.7. The van der Waals surface area contributed by atoms with Crippen molar-refractivity contribution >= 4 is 17.5 Å². The van der Waals surface area contributed by atoms with Crippen LogP contribution in [0.25, 0.3) is 5.57 Å². The molecule has 4 nitrogen and oxygen atoms in total. The zero-order valence-electron chi connectivity index (χ0n) is 12.3. The first-order valence-corrected chi connectivity index (χ1v) is 6.25. The van der Waals surface area contributed by atoms with Crippen LogP contribution in [0.2, 0.25) is 0 Å². The summed E-state index contributed by atoms with van der Waals surface area (Å²) in [6, 6.07) is 10.2. The van der Waals surface area contributed by atoms with E-state index in [0.29, 0.717) is 0 Å². The summed E-state index contributed by atoms with van der Waals surface area (Å²) in [7, 11) is 1.24. The van der Waals surface area contributed by atoms with Crippen LogP contribution in [-0.2, 0) is 14.3 Å². The van der Waals surface area contributed by atoms with E-state index in [4.69, 9.17) is 5.11 Å². The highest BCUT2D eigenvalue weighted by Gasteiger charge is 2.03. The van der Waals surface area contributed by atoms with E-state index >= 15 is 0 Å². The lowest BCUT2D eigenvalue weighted by Crippen LogP contribution is -2.02. The van der Waals surface area contributed by atoms with Crippen molar-refractivity contribution in [1.82, 2.24) is 0 Å². The number of esters is 1. The molecule has 0 aliphatic rings. The number of carbonyl (C=O) groups is 2. The molecule has 0 saturated heterocycles. The van der Waals surface area contributed by atoms with Crippen molar-refractivity contribution in [2.24, 2.45) is 0 Å². The minimum absolute atomic E-state index is 0.193. The minimum Gasteiger partial charge on any atom is -0.478 e. The van der Waals surface area contributed by atoms with Gasteiger partial charge in [-0.25, -0.2) is 9.59 Å². The van der Waals surface area contributed by atoms with Gasteiger partial charge in [-0.05, 0) is 18.9 Å². The van der Waals surface area contributed by atoms with Crippen molar-refractivity contribution in [2.75, 3.05) is 7.11 Å². The topological polar surface area (TPSA) is 63.6 Å². The molecular formula is C17H20O4. The van der Waals surface area contributed by atoms with Crippen molar-refractivity contribution < 1.29 is 19.4 Å².